The summed E-state index contributed by atoms with van der Waals surface area (Å²) >= 11 is 1.61. The smallest absolute Gasteiger partial charge is 0.331 e. The third kappa shape index (κ3) is 3.26. The summed E-state index contributed by atoms with van der Waals surface area (Å²) in [6.45, 7) is 2.15. The molecule has 4 bridgehead atoms. The Morgan fingerprint density at radius 3 is 2.57 bits per heavy atom. The number of benzene rings is 1. The molecule has 4 fully saturated rings. The van der Waals surface area contributed by atoms with Gasteiger partial charge in [0.2, 0.25) is 0 Å². The van der Waals surface area contributed by atoms with Crippen LogP contribution in [-0.4, -0.2) is 17.8 Å². The second-order valence-electron chi connectivity index (χ2n) is 9.23. The lowest BCUT2D eigenvalue weighted by Crippen LogP contribution is -2.65. The number of thiophene rings is 1. The van der Waals surface area contributed by atoms with Crippen molar-refractivity contribution in [2.75, 3.05) is 0 Å². The normalized spacial score (nSPS) is 33.3. The van der Waals surface area contributed by atoms with Crippen molar-refractivity contribution in [1.29, 1.82) is 0 Å². The summed E-state index contributed by atoms with van der Waals surface area (Å²) in [4.78, 5) is 13.6. The zero-order chi connectivity index (χ0) is 19.2. The van der Waals surface area contributed by atoms with E-state index in [1.807, 2.05) is 17.5 Å². The van der Waals surface area contributed by atoms with E-state index in [0.717, 1.165) is 36.0 Å². The lowest BCUT2D eigenvalue weighted by molar-refractivity contribution is -0.0349. The average molecular weight is 394 g/mol. The first-order chi connectivity index (χ1) is 13.5. The molecule has 1 heterocycles. The summed E-state index contributed by atoms with van der Waals surface area (Å²) in [7, 11) is 0. The van der Waals surface area contributed by atoms with Crippen molar-refractivity contribution in [1.82, 2.24) is 10.7 Å². The fourth-order valence-electron chi connectivity index (χ4n) is 6.44. The minimum absolute atomic E-state index is 0.0858. The van der Waals surface area contributed by atoms with Gasteiger partial charge in [0.25, 0.3) is 0 Å². The van der Waals surface area contributed by atoms with Gasteiger partial charge in [0.15, 0.2) is 0 Å². The molecule has 146 valence electrons. The average Bonchev–Trinajstić information content (AvgIpc) is 3.14. The van der Waals surface area contributed by atoms with E-state index in [1.165, 1.54) is 30.4 Å². The first kappa shape index (κ1) is 17.9. The molecule has 0 aliphatic heterocycles. The highest BCUT2D eigenvalue weighted by atomic mass is 32.1. The molecule has 28 heavy (non-hydrogen) atoms. The Morgan fingerprint density at radius 1 is 1.14 bits per heavy atom. The zero-order valence-corrected chi connectivity index (χ0v) is 17.1. The number of hydrogen-bond acceptors (Lipinski definition) is 3. The number of urea groups is 1. The Labute approximate surface area is 170 Å². The maximum atomic E-state index is 12.6. The quantitative estimate of drug-likeness (QED) is 0.559. The molecular weight excluding hydrogens is 366 g/mol. The highest BCUT2D eigenvalue weighted by Gasteiger charge is 2.58. The number of carbonyl (C=O) groups is 1. The van der Waals surface area contributed by atoms with E-state index in [1.54, 1.807) is 17.6 Å². The van der Waals surface area contributed by atoms with Crippen LogP contribution in [0.15, 0.2) is 46.9 Å². The number of amides is 2. The molecule has 2 aromatic rings. The molecule has 2 amide bonds. The number of hydrogen-bond donors (Lipinski definition) is 2. The summed E-state index contributed by atoms with van der Waals surface area (Å²) in [6.07, 6.45) is 8.85. The van der Waals surface area contributed by atoms with Crippen LogP contribution in [0, 0.1) is 18.8 Å². The molecule has 0 spiro atoms. The number of aryl methyl sites for hydroxylation is 1. The lowest BCUT2D eigenvalue weighted by Gasteiger charge is -2.62. The molecule has 4 nitrogen and oxygen atoms in total. The Morgan fingerprint density at radius 2 is 1.89 bits per heavy atom. The number of hydrazone groups is 1. The third-order valence-electron chi connectivity index (χ3n) is 7.00. The molecule has 1 aromatic carbocycles. The minimum Gasteiger partial charge on any atom is -0.331 e. The van der Waals surface area contributed by atoms with Crippen LogP contribution in [0.1, 0.15) is 54.5 Å². The maximum Gasteiger partial charge on any atom is 0.335 e. The minimum atomic E-state index is -0.172. The van der Waals surface area contributed by atoms with Crippen molar-refractivity contribution in [2.24, 2.45) is 16.9 Å². The van der Waals surface area contributed by atoms with E-state index in [4.69, 9.17) is 0 Å². The molecule has 4 saturated carbocycles. The van der Waals surface area contributed by atoms with Gasteiger partial charge < -0.3 is 5.32 Å². The van der Waals surface area contributed by atoms with E-state index in [0.29, 0.717) is 0 Å². The second-order valence-corrected chi connectivity index (χ2v) is 10.2. The van der Waals surface area contributed by atoms with Crippen LogP contribution < -0.4 is 10.7 Å². The maximum absolute atomic E-state index is 12.6. The largest absolute Gasteiger partial charge is 0.335 e. The van der Waals surface area contributed by atoms with Gasteiger partial charge in [-0.2, -0.15) is 5.10 Å². The first-order valence-electron chi connectivity index (χ1n) is 10.3. The summed E-state index contributed by atoms with van der Waals surface area (Å²) in [5.74, 6) is 1.44. The molecule has 0 radical (unpaired) electrons. The van der Waals surface area contributed by atoms with E-state index in [-0.39, 0.29) is 17.0 Å². The van der Waals surface area contributed by atoms with Crippen LogP contribution >= 0.6 is 11.3 Å². The third-order valence-corrected chi connectivity index (χ3v) is 7.81. The molecule has 4 aliphatic rings. The van der Waals surface area contributed by atoms with Crippen molar-refractivity contribution >= 4 is 23.6 Å². The fourth-order valence-corrected chi connectivity index (χ4v) is 7.03. The zero-order valence-electron chi connectivity index (χ0n) is 16.3. The van der Waals surface area contributed by atoms with Crippen molar-refractivity contribution < 1.29 is 4.79 Å². The van der Waals surface area contributed by atoms with Gasteiger partial charge in [-0.3, -0.25) is 0 Å². The molecule has 4 atom stereocenters. The van der Waals surface area contributed by atoms with Crippen LogP contribution in [0.25, 0.3) is 0 Å². The van der Waals surface area contributed by atoms with Gasteiger partial charge in [0.1, 0.15) is 0 Å². The predicted octanol–water partition coefficient (Wildman–Crippen LogP) is 4.98. The molecule has 0 saturated heterocycles. The Kier molecular flexibility index (Phi) is 4.31. The van der Waals surface area contributed by atoms with E-state index >= 15 is 0 Å². The van der Waals surface area contributed by atoms with Gasteiger partial charge in [0, 0.05) is 10.4 Å². The molecule has 2 N–H and O–H groups in total. The number of rotatable bonds is 4. The van der Waals surface area contributed by atoms with Gasteiger partial charge >= 0.3 is 6.03 Å². The van der Waals surface area contributed by atoms with Gasteiger partial charge in [-0.15, -0.1) is 11.3 Å². The SMILES string of the molecule is Cc1ccc(C23C[C@@H]4C[C@@H](CC(NC(=O)N/N=C\c5cccs5)(C4)C2)C3)cc1. The van der Waals surface area contributed by atoms with E-state index in [9.17, 15) is 4.79 Å². The summed E-state index contributed by atoms with van der Waals surface area (Å²) < 4.78 is 0. The van der Waals surface area contributed by atoms with Gasteiger partial charge in [-0.1, -0.05) is 35.9 Å². The van der Waals surface area contributed by atoms with E-state index in [2.05, 4.69) is 47.0 Å². The molecular formula is C23H27N3OS. The first-order valence-corrected chi connectivity index (χ1v) is 11.1. The Bertz CT molecular complexity index is 873. The molecule has 5 heteroatoms. The highest BCUT2D eigenvalue weighted by Crippen LogP contribution is 2.62. The van der Waals surface area contributed by atoms with Gasteiger partial charge in [-0.25, -0.2) is 10.2 Å². The standard InChI is InChI=1S/C23H27N3OS/c1-16-4-6-19(7-5-16)22-10-17-9-18(11-22)13-23(12-17,15-22)25-21(27)26-24-14-20-3-2-8-28-20/h2-8,14,17-18H,9-13,15H2,1H3,(H2,25,26,27)/b24-14-/t17-,18+,22?,23?. The topological polar surface area (TPSA) is 53.5 Å². The Balaban J connectivity index is 1.33. The van der Waals surface area contributed by atoms with E-state index < -0.39 is 0 Å². The number of carbonyl (C=O) groups excluding carboxylic acids is 1. The summed E-state index contributed by atoms with van der Waals surface area (Å²) in [5.41, 5.74) is 5.60. The predicted molar refractivity (Wildman–Crippen MR) is 114 cm³/mol. The lowest BCUT2D eigenvalue weighted by atomic mass is 9.45. The number of nitrogens with one attached hydrogen (secondary N) is 2. The highest BCUT2D eigenvalue weighted by molar-refractivity contribution is 7.11. The Hall–Kier alpha value is -2.14. The molecule has 4 aliphatic carbocycles. The van der Waals surface area contributed by atoms with Crippen LogP contribution in [0.3, 0.4) is 0 Å². The van der Waals surface area contributed by atoms with Crippen molar-refractivity contribution in [3.8, 4) is 0 Å². The number of nitrogens with zero attached hydrogens (tertiary/aromatic N) is 1. The second kappa shape index (κ2) is 6.73. The van der Waals surface area contributed by atoms with Gasteiger partial charge in [0.05, 0.1) is 6.21 Å². The van der Waals surface area contributed by atoms with Gasteiger partial charge in [-0.05, 0) is 79.7 Å². The van der Waals surface area contributed by atoms with Crippen molar-refractivity contribution in [3.05, 3.63) is 57.8 Å². The summed E-state index contributed by atoms with van der Waals surface area (Å²) in [5, 5.41) is 9.47. The molecule has 6 rings (SSSR count). The van der Waals surface area contributed by atoms with Crippen LogP contribution in [0.2, 0.25) is 0 Å². The monoisotopic (exact) mass is 393 g/mol. The van der Waals surface area contributed by atoms with Crippen molar-refractivity contribution in [2.45, 2.75) is 56.4 Å². The van der Waals surface area contributed by atoms with Crippen LogP contribution in [-0.2, 0) is 5.41 Å². The molecule has 1 aromatic heterocycles. The van der Waals surface area contributed by atoms with Crippen LogP contribution in [0.5, 0.6) is 0 Å². The molecule has 2 unspecified atom stereocenters. The fraction of sp³-hybridized carbons (Fsp3) is 0.478. The van der Waals surface area contributed by atoms with Crippen LogP contribution in [0.4, 0.5) is 4.79 Å². The van der Waals surface area contributed by atoms with Crippen molar-refractivity contribution in [3.63, 3.8) is 0 Å². The summed E-state index contributed by atoms with van der Waals surface area (Å²) in [6, 6.07) is 12.9.